The molecule has 1 aliphatic rings. The Bertz CT molecular complexity index is 728. The number of ether oxygens (including phenoxy) is 1. The van der Waals surface area contributed by atoms with E-state index in [0.29, 0.717) is 16.2 Å². The molecule has 1 aliphatic heterocycles. The molecule has 2 rings (SSSR count). The van der Waals surface area contributed by atoms with Crippen molar-refractivity contribution in [3.63, 3.8) is 0 Å². The predicted octanol–water partition coefficient (Wildman–Crippen LogP) is 2.48. The number of esters is 1. The van der Waals surface area contributed by atoms with E-state index < -0.39 is 11.9 Å². The third kappa shape index (κ3) is 4.28. The quantitative estimate of drug-likeness (QED) is 0.482. The molecule has 1 heterocycles. The van der Waals surface area contributed by atoms with Crippen molar-refractivity contribution in [1.82, 2.24) is 5.32 Å². The van der Waals surface area contributed by atoms with Crippen molar-refractivity contribution >= 4 is 56.7 Å². The van der Waals surface area contributed by atoms with E-state index in [4.69, 9.17) is 4.74 Å². The molecule has 114 valence electrons. The molecule has 0 saturated heterocycles. The first kappa shape index (κ1) is 16.4. The molecule has 1 aromatic rings. The van der Waals surface area contributed by atoms with Gasteiger partial charge in [0.2, 0.25) is 5.91 Å². The zero-order valence-corrected chi connectivity index (χ0v) is 14.1. The van der Waals surface area contributed by atoms with Crippen molar-refractivity contribution in [3.05, 3.63) is 33.1 Å². The van der Waals surface area contributed by atoms with Crippen LogP contribution in [-0.4, -0.2) is 23.0 Å². The van der Waals surface area contributed by atoms with Crippen molar-refractivity contribution < 1.29 is 19.1 Å². The van der Waals surface area contributed by atoms with E-state index in [1.54, 1.807) is 24.3 Å². The second-order valence-electron chi connectivity index (χ2n) is 4.29. The molecule has 0 unspecified atom stereocenters. The highest BCUT2D eigenvalue weighted by Gasteiger charge is 2.23. The molecule has 22 heavy (non-hydrogen) atoms. The molecule has 2 amide bonds. The van der Waals surface area contributed by atoms with E-state index in [0.717, 1.165) is 16.2 Å². The Labute approximate surface area is 139 Å². The van der Waals surface area contributed by atoms with Crippen molar-refractivity contribution in [2.75, 3.05) is 0 Å². The van der Waals surface area contributed by atoms with Gasteiger partial charge in [0.15, 0.2) is 5.17 Å². The number of hydrogen-bond acceptors (Lipinski definition) is 5. The molecule has 0 atom stereocenters. The molecule has 0 saturated carbocycles. The summed E-state index contributed by atoms with van der Waals surface area (Å²) >= 11 is 4.37. The molecule has 0 aliphatic carbocycles. The monoisotopic (exact) mass is 382 g/mol. The highest BCUT2D eigenvalue weighted by atomic mass is 79.9. The average Bonchev–Trinajstić information content (AvgIpc) is 2.71. The summed E-state index contributed by atoms with van der Waals surface area (Å²) in [5.41, 5.74) is 0.555. The minimum absolute atomic E-state index is 0.229. The number of aliphatic imine (C=N–C) groups is 1. The average molecular weight is 383 g/mol. The normalized spacial score (nSPS) is 15.7. The number of carbonyl (C=O) groups excluding carboxylic acids is 3. The maximum absolute atomic E-state index is 11.8. The number of benzene rings is 1. The van der Waals surface area contributed by atoms with E-state index >= 15 is 0 Å². The van der Waals surface area contributed by atoms with Gasteiger partial charge in [0, 0.05) is 23.9 Å². The lowest BCUT2D eigenvalue weighted by Crippen LogP contribution is -2.23. The fourth-order valence-corrected chi connectivity index (χ4v) is 2.86. The second-order valence-corrected chi connectivity index (χ2v) is 6.24. The van der Waals surface area contributed by atoms with Crippen LogP contribution in [0.2, 0.25) is 0 Å². The summed E-state index contributed by atoms with van der Waals surface area (Å²) in [5, 5.41) is 2.69. The van der Waals surface area contributed by atoms with Crippen molar-refractivity contribution in [1.29, 1.82) is 0 Å². The third-order valence-electron chi connectivity index (χ3n) is 2.42. The van der Waals surface area contributed by atoms with Crippen LogP contribution in [0.25, 0.3) is 6.08 Å². The maximum Gasteiger partial charge on any atom is 0.308 e. The van der Waals surface area contributed by atoms with E-state index in [1.807, 2.05) is 0 Å². The molecule has 1 N–H and O–H groups in total. The molecular weight excluding hydrogens is 372 g/mol. The summed E-state index contributed by atoms with van der Waals surface area (Å²) < 4.78 is 5.88. The van der Waals surface area contributed by atoms with E-state index in [-0.39, 0.29) is 11.1 Å². The number of hydrogen-bond donors (Lipinski definition) is 1. The molecular formula is C14H11BrN2O4S. The van der Waals surface area contributed by atoms with E-state index in [2.05, 4.69) is 26.2 Å². The van der Waals surface area contributed by atoms with Crippen LogP contribution in [0.5, 0.6) is 5.75 Å². The Morgan fingerprint density at radius 1 is 1.36 bits per heavy atom. The summed E-state index contributed by atoms with van der Waals surface area (Å²) in [7, 11) is 0. The van der Waals surface area contributed by atoms with Crippen molar-refractivity contribution in [2.45, 2.75) is 13.8 Å². The molecule has 0 aromatic heterocycles. The number of thioether (sulfide) groups is 1. The Morgan fingerprint density at radius 3 is 2.73 bits per heavy atom. The number of rotatable bonds is 2. The summed E-state index contributed by atoms with van der Waals surface area (Å²) in [6.07, 6.45) is 1.56. The van der Waals surface area contributed by atoms with Crippen molar-refractivity contribution in [2.24, 2.45) is 4.99 Å². The van der Waals surface area contributed by atoms with Crippen LogP contribution >= 0.6 is 27.7 Å². The molecule has 0 radical (unpaired) electrons. The number of carbonyl (C=O) groups is 3. The topological polar surface area (TPSA) is 84.8 Å². The van der Waals surface area contributed by atoms with Crippen LogP contribution in [0, 0.1) is 0 Å². The van der Waals surface area contributed by atoms with Gasteiger partial charge in [0.1, 0.15) is 5.75 Å². The van der Waals surface area contributed by atoms with Gasteiger partial charge in [-0.25, -0.2) is 0 Å². The lowest BCUT2D eigenvalue weighted by molar-refractivity contribution is -0.132. The molecule has 0 bridgehead atoms. The van der Waals surface area contributed by atoms with Gasteiger partial charge in [-0.15, -0.1) is 0 Å². The van der Waals surface area contributed by atoms with Gasteiger partial charge < -0.3 is 10.1 Å². The Kier molecular flexibility index (Phi) is 5.15. The highest BCUT2D eigenvalue weighted by molar-refractivity contribution is 9.10. The Balaban J connectivity index is 2.30. The number of amidine groups is 1. The van der Waals surface area contributed by atoms with E-state index in [9.17, 15) is 14.4 Å². The summed E-state index contributed by atoms with van der Waals surface area (Å²) in [4.78, 5) is 38.0. The lowest BCUT2D eigenvalue weighted by Gasteiger charge is -2.06. The van der Waals surface area contributed by atoms with Gasteiger partial charge in [-0.1, -0.05) is 15.9 Å². The minimum Gasteiger partial charge on any atom is -0.426 e. The fourth-order valence-electron chi connectivity index (χ4n) is 1.63. The maximum atomic E-state index is 11.8. The lowest BCUT2D eigenvalue weighted by atomic mass is 10.2. The number of nitrogens with zero attached hydrogens (tertiary/aromatic N) is 1. The highest BCUT2D eigenvalue weighted by Crippen LogP contribution is 2.31. The Morgan fingerprint density at radius 2 is 2.09 bits per heavy atom. The number of halogens is 1. The summed E-state index contributed by atoms with van der Waals surface area (Å²) in [6, 6.07) is 5.07. The first-order valence-electron chi connectivity index (χ1n) is 6.13. The molecule has 8 heteroatoms. The smallest absolute Gasteiger partial charge is 0.308 e. The SMILES string of the molecule is CC(=O)NC1=NC(=O)C(=Cc2cc(Br)ccc2OC(C)=O)S1. The zero-order chi connectivity index (χ0) is 16.3. The van der Waals surface area contributed by atoms with Crippen LogP contribution in [0.4, 0.5) is 0 Å². The third-order valence-corrected chi connectivity index (χ3v) is 3.81. The summed E-state index contributed by atoms with van der Waals surface area (Å²) in [5.74, 6) is -0.877. The standard InChI is InChI=1S/C14H11BrN2O4S/c1-7(18)16-14-17-13(20)12(22-14)6-9-5-10(15)3-4-11(9)21-8(2)19/h3-6H,1-2H3,(H,16,17,18,20). The second kappa shape index (κ2) is 6.89. The van der Waals surface area contributed by atoms with Crippen LogP contribution in [0.1, 0.15) is 19.4 Å². The van der Waals surface area contributed by atoms with Gasteiger partial charge >= 0.3 is 5.97 Å². The summed E-state index contributed by atoms with van der Waals surface area (Å²) in [6.45, 7) is 2.63. The molecule has 0 fully saturated rings. The van der Waals surface area contributed by atoms with Crippen LogP contribution in [-0.2, 0) is 14.4 Å². The first-order chi connectivity index (χ1) is 10.3. The number of amides is 2. The largest absolute Gasteiger partial charge is 0.426 e. The molecule has 6 nitrogen and oxygen atoms in total. The Hall–Kier alpha value is -1.93. The van der Waals surface area contributed by atoms with Gasteiger partial charge in [0.05, 0.1) is 4.91 Å². The molecule has 1 aromatic carbocycles. The van der Waals surface area contributed by atoms with Gasteiger partial charge in [-0.3, -0.25) is 14.4 Å². The molecule has 0 spiro atoms. The minimum atomic E-state index is -0.456. The van der Waals surface area contributed by atoms with E-state index in [1.165, 1.54) is 13.8 Å². The van der Waals surface area contributed by atoms with Crippen LogP contribution < -0.4 is 10.1 Å². The predicted molar refractivity (Wildman–Crippen MR) is 87.3 cm³/mol. The zero-order valence-electron chi connectivity index (χ0n) is 11.7. The van der Waals surface area contributed by atoms with Gasteiger partial charge in [-0.05, 0) is 36.0 Å². The first-order valence-corrected chi connectivity index (χ1v) is 7.74. The number of nitrogens with one attached hydrogen (secondary N) is 1. The van der Waals surface area contributed by atoms with Gasteiger partial charge in [0.25, 0.3) is 5.91 Å². The van der Waals surface area contributed by atoms with Gasteiger partial charge in [-0.2, -0.15) is 4.99 Å². The van der Waals surface area contributed by atoms with Crippen LogP contribution in [0.15, 0.2) is 32.6 Å². The van der Waals surface area contributed by atoms with Crippen LogP contribution in [0.3, 0.4) is 0 Å². The fraction of sp³-hybridized carbons (Fsp3) is 0.143. The van der Waals surface area contributed by atoms with Crippen molar-refractivity contribution in [3.8, 4) is 5.75 Å².